The molecule has 2 rings (SSSR count). The van der Waals surface area contributed by atoms with E-state index in [1.165, 1.54) is 30.5 Å². The molecule has 2 aromatic rings. The van der Waals surface area contributed by atoms with Crippen LogP contribution in [0.3, 0.4) is 0 Å². The molecule has 0 amide bonds. The number of furan rings is 1. The van der Waals surface area contributed by atoms with Gasteiger partial charge in [-0.2, -0.15) is 0 Å². The lowest BCUT2D eigenvalue weighted by atomic mass is 10.2. The Balaban J connectivity index is 2.11. The summed E-state index contributed by atoms with van der Waals surface area (Å²) in [4.78, 5) is 11.8. The molecule has 0 aliphatic rings. The van der Waals surface area contributed by atoms with E-state index in [4.69, 9.17) is 9.15 Å². The summed E-state index contributed by atoms with van der Waals surface area (Å²) in [5.74, 6) is -0.0352. The molecule has 0 fully saturated rings. The SMILES string of the molecule is CCCOC(=O)c1cccc(S(=O)(=O)NCc2ccco2)c1. The monoisotopic (exact) mass is 323 g/mol. The Morgan fingerprint density at radius 2 is 2.09 bits per heavy atom. The molecule has 0 bridgehead atoms. The molecule has 1 N–H and O–H groups in total. The molecule has 0 unspecified atom stereocenters. The first-order valence-corrected chi connectivity index (χ1v) is 8.30. The average Bonchev–Trinajstić information content (AvgIpc) is 3.04. The molecule has 0 aliphatic carbocycles. The van der Waals surface area contributed by atoms with Crippen LogP contribution in [0, 0.1) is 0 Å². The zero-order chi connectivity index (χ0) is 16.0. The minimum Gasteiger partial charge on any atom is -0.468 e. The molecule has 7 heteroatoms. The number of hydrogen-bond acceptors (Lipinski definition) is 5. The van der Waals surface area contributed by atoms with Crippen molar-refractivity contribution in [3.05, 3.63) is 54.0 Å². The minimum atomic E-state index is -3.73. The van der Waals surface area contributed by atoms with E-state index in [0.29, 0.717) is 18.8 Å². The zero-order valence-electron chi connectivity index (χ0n) is 12.1. The Hall–Kier alpha value is -2.12. The van der Waals surface area contributed by atoms with Gasteiger partial charge in [0.1, 0.15) is 5.76 Å². The van der Waals surface area contributed by atoms with Crippen molar-refractivity contribution in [2.75, 3.05) is 6.61 Å². The third-order valence-corrected chi connectivity index (χ3v) is 4.23. The summed E-state index contributed by atoms with van der Waals surface area (Å²) in [6.07, 6.45) is 2.17. The summed E-state index contributed by atoms with van der Waals surface area (Å²) in [6, 6.07) is 9.08. The van der Waals surface area contributed by atoms with Gasteiger partial charge in [0.25, 0.3) is 0 Å². The van der Waals surface area contributed by atoms with E-state index in [1.807, 2.05) is 6.92 Å². The Labute approximate surface area is 129 Å². The lowest BCUT2D eigenvalue weighted by Gasteiger charge is -2.07. The van der Waals surface area contributed by atoms with E-state index in [9.17, 15) is 13.2 Å². The van der Waals surface area contributed by atoms with Crippen LogP contribution >= 0.6 is 0 Å². The fourth-order valence-electron chi connectivity index (χ4n) is 1.73. The van der Waals surface area contributed by atoms with Crippen molar-refractivity contribution in [3.8, 4) is 0 Å². The lowest BCUT2D eigenvalue weighted by Crippen LogP contribution is -2.23. The first-order chi connectivity index (χ1) is 10.5. The summed E-state index contributed by atoms with van der Waals surface area (Å²) >= 11 is 0. The van der Waals surface area contributed by atoms with Crippen LogP contribution in [0.2, 0.25) is 0 Å². The minimum absolute atomic E-state index is 0.00463. The van der Waals surface area contributed by atoms with E-state index in [1.54, 1.807) is 12.1 Å². The van der Waals surface area contributed by atoms with E-state index in [0.717, 1.165) is 0 Å². The van der Waals surface area contributed by atoms with Crippen LogP contribution in [-0.4, -0.2) is 21.0 Å². The third-order valence-electron chi connectivity index (χ3n) is 2.83. The maximum Gasteiger partial charge on any atom is 0.338 e. The van der Waals surface area contributed by atoms with Gasteiger partial charge >= 0.3 is 5.97 Å². The molecule has 22 heavy (non-hydrogen) atoms. The van der Waals surface area contributed by atoms with Gasteiger partial charge in [0, 0.05) is 0 Å². The Bertz CT molecular complexity index is 722. The quantitative estimate of drug-likeness (QED) is 0.790. The summed E-state index contributed by atoms with van der Waals surface area (Å²) < 4.78 is 36.9. The topological polar surface area (TPSA) is 85.6 Å². The summed E-state index contributed by atoms with van der Waals surface area (Å²) in [5.41, 5.74) is 0.203. The standard InChI is InChI=1S/C15H17NO5S/c1-2-8-21-15(17)12-5-3-7-14(10-12)22(18,19)16-11-13-6-4-9-20-13/h3-7,9-10,16H,2,8,11H2,1H3. The number of sulfonamides is 1. The van der Waals surface area contributed by atoms with Gasteiger partial charge in [-0.25, -0.2) is 17.9 Å². The molecule has 1 heterocycles. The smallest absolute Gasteiger partial charge is 0.338 e. The molecule has 118 valence electrons. The van der Waals surface area contributed by atoms with Crippen LogP contribution < -0.4 is 4.72 Å². The van der Waals surface area contributed by atoms with Crippen molar-refractivity contribution in [2.24, 2.45) is 0 Å². The van der Waals surface area contributed by atoms with Crippen molar-refractivity contribution in [1.29, 1.82) is 0 Å². The largest absolute Gasteiger partial charge is 0.468 e. The molecule has 1 aromatic heterocycles. The van der Waals surface area contributed by atoms with Crippen LogP contribution in [-0.2, 0) is 21.3 Å². The average molecular weight is 323 g/mol. The molecule has 0 atom stereocenters. The van der Waals surface area contributed by atoms with E-state index < -0.39 is 16.0 Å². The van der Waals surface area contributed by atoms with Gasteiger partial charge in [0.15, 0.2) is 0 Å². The normalized spacial score (nSPS) is 11.3. The highest BCUT2D eigenvalue weighted by molar-refractivity contribution is 7.89. The van der Waals surface area contributed by atoms with E-state index >= 15 is 0 Å². The van der Waals surface area contributed by atoms with Gasteiger partial charge in [-0.15, -0.1) is 0 Å². The predicted molar refractivity (Wildman–Crippen MR) is 79.7 cm³/mol. The number of carbonyl (C=O) groups excluding carboxylic acids is 1. The van der Waals surface area contributed by atoms with Gasteiger partial charge in [0.2, 0.25) is 10.0 Å². The fourth-order valence-corrected chi connectivity index (χ4v) is 2.77. The summed E-state index contributed by atoms with van der Waals surface area (Å²) in [5, 5.41) is 0. The first kappa shape index (κ1) is 16.3. The molecule has 0 saturated carbocycles. The predicted octanol–water partition coefficient (Wildman–Crippen LogP) is 2.32. The molecule has 0 aliphatic heterocycles. The number of benzene rings is 1. The van der Waals surface area contributed by atoms with Crippen LogP contribution in [0.5, 0.6) is 0 Å². The van der Waals surface area contributed by atoms with Crippen molar-refractivity contribution >= 4 is 16.0 Å². The summed E-state index contributed by atoms with van der Waals surface area (Å²) in [6.45, 7) is 2.22. The van der Waals surface area contributed by atoms with E-state index in [2.05, 4.69) is 4.72 Å². The van der Waals surface area contributed by atoms with Gasteiger partial charge in [-0.1, -0.05) is 13.0 Å². The third kappa shape index (κ3) is 4.19. The second-order valence-electron chi connectivity index (χ2n) is 4.57. The molecular formula is C15H17NO5S. The zero-order valence-corrected chi connectivity index (χ0v) is 12.9. The first-order valence-electron chi connectivity index (χ1n) is 6.82. The summed E-state index contributed by atoms with van der Waals surface area (Å²) in [7, 11) is -3.73. The Morgan fingerprint density at radius 3 is 2.77 bits per heavy atom. The molecule has 0 radical (unpaired) electrons. The Kier molecular flexibility index (Phi) is 5.35. The van der Waals surface area contributed by atoms with Crippen molar-refractivity contribution in [3.63, 3.8) is 0 Å². The van der Waals surface area contributed by atoms with Gasteiger partial charge in [-0.3, -0.25) is 0 Å². The van der Waals surface area contributed by atoms with Crippen LogP contribution in [0.4, 0.5) is 0 Å². The molecule has 1 aromatic carbocycles. The second-order valence-corrected chi connectivity index (χ2v) is 6.33. The number of ether oxygens (including phenoxy) is 1. The van der Waals surface area contributed by atoms with E-state index in [-0.39, 0.29) is 17.0 Å². The van der Waals surface area contributed by atoms with Gasteiger partial charge in [0.05, 0.1) is 29.9 Å². The fraction of sp³-hybridized carbons (Fsp3) is 0.267. The highest BCUT2D eigenvalue weighted by Gasteiger charge is 2.17. The van der Waals surface area contributed by atoms with Gasteiger partial charge < -0.3 is 9.15 Å². The number of rotatable bonds is 7. The van der Waals surface area contributed by atoms with Crippen molar-refractivity contribution in [1.82, 2.24) is 4.72 Å². The lowest BCUT2D eigenvalue weighted by molar-refractivity contribution is 0.0505. The molecule has 0 saturated heterocycles. The highest BCUT2D eigenvalue weighted by atomic mass is 32.2. The molecule has 6 nitrogen and oxygen atoms in total. The second kappa shape index (κ2) is 7.24. The number of nitrogens with one attached hydrogen (secondary N) is 1. The number of carbonyl (C=O) groups is 1. The molecule has 0 spiro atoms. The number of esters is 1. The van der Waals surface area contributed by atoms with Gasteiger partial charge in [-0.05, 0) is 36.8 Å². The van der Waals surface area contributed by atoms with Crippen molar-refractivity contribution in [2.45, 2.75) is 24.8 Å². The highest BCUT2D eigenvalue weighted by Crippen LogP contribution is 2.13. The van der Waals surface area contributed by atoms with Crippen LogP contribution in [0.1, 0.15) is 29.5 Å². The van der Waals surface area contributed by atoms with Crippen LogP contribution in [0.25, 0.3) is 0 Å². The van der Waals surface area contributed by atoms with Crippen LogP contribution in [0.15, 0.2) is 52.0 Å². The van der Waals surface area contributed by atoms with Crippen molar-refractivity contribution < 1.29 is 22.4 Å². The maximum absolute atomic E-state index is 12.2. The maximum atomic E-state index is 12.2. The molecular weight excluding hydrogens is 306 g/mol. The number of hydrogen-bond donors (Lipinski definition) is 1. The Morgan fingerprint density at radius 1 is 1.27 bits per heavy atom.